The molecule has 1 unspecified atom stereocenters. The van der Waals surface area contributed by atoms with E-state index in [9.17, 15) is 14.0 Å². The standard InChI is InChI=1S/C16H22FN3O3/c17-13-4-1-3-12(9-13)10-20(11-14-5-2-8-23-14)7-6-15(21)19-16(18)22/h1,3-4,9,14H,2,5-8,10-11H2,(H3,18,19,21,22). The Hall–Kier alpha value is -1.99. The third-order valence-corrected chi connectivity index (χ3v) is 3.70. The van der Waals surface area contributed by atoms with E-state index in [0.717, 1.165) is 25.0 Å². The number of benzene rings is 1. The van der Waals surface area contributed by atoms with Gasteiger partial charge in [-0.05, 0) is 30.5 Å². The molecular weight excluding hydrogens is 301 g/mol. The monoisotopic (exact) mass is 323 g/mol. The molecule has 7 heteroatoms. The van der Waals surface area contributed by atoms with Crippen LogP contribution in [-0.4, -0.2) is 42.6 Å². The van der Waals surface area contributed by atoms with Gasteiger partial charge in [0, 0.05) is 32.7 Å². The molecule has 23 heavy (non-hydrogen) atoms. The minimum Gasteiger partial charge on any atom is -0.377 e. The third kappa shape index (κ3) is 6.33. The molecule has 0 aliphatic carbocycles. The largest absolute Gasteiger partial charge is 0.377 e. The molecule has 3 N–H and O–H groups in total. The van der Waals surface area contributed by atoms with E-state index in [1.807, 2.05) is 16.3 Å². The van der Waals surface area contributed by atoms with Gasteiger partial charge in [-0.2, -0.15) is 0 Å². The highest BCUT2D eigenvalue weighted by Crippen LogP contribution is 2.15. The summed E-state index contributed by atoms with van der Waals surface area (Å²) >= 11 is 0. The zero-order valence-corrected chi connectivity index (χ0v) is 13.0. The van der Waals surface area contributed by atoms with Gasteiger partial charge in [0.25, 0.3) is 0 Å². The summed E-state index contributed by atoms with van der Waals surface area (Å²) in [5, 5.41) is 2.05. The van der Waals surface area contributed by atoms with Crippen molar-refractivity contribution in [2.24, 2.45) is 5.73 Å². The van der Waals surface area contributed by atoms with Gasteiger partial charge in [-0.15, -0.1) is 0 Å². The Kier molecular flexibility index (Phi) is 6.49. The van der Waals surface area contributed by atoms with Crippen molar-refractivity contribution >= 4 is 11.9 Å². The van der Waals surface area contributed by atoms with Gasteiger partial charge in [-0.1, -0.05) is 12.1 Å². The van der Waals surface area contributed by atoms with E-state index in [1.54, 1.807) is 6.07 Å². The first-order chi connectivity index (χ1) is 11.0. The Labute approximate surface area is 134 Å². The highest BCUT2D eigenvalue weighted by atomic mass is 19.1. The van der Waals surface area contributed by atoms with Crippen LogP contribution in [0.4, 0.5) is 9.18 Å². The van der Waals surface area contributed by atoms with E-state index in [4.69, 9.17) is 10.5 Å². The van der Waals surface area contributed by atoms with Crippen molar-refractivity contribution in [3.63, 3.8) is 0 Å². The highest BCUT2D eigenvalue weighted by Gasteiger charge is 2.20. The minimum atomic E-state index is -0.856. The molecule has 0 spiro atoms. The van der Waals surface area contributed by atoms with Gasteiger partial charge >= 0.3 is 6.03 Å². The number of amides is 3. The first-order valence-electron chi connectivity index (χ1n) is 7.70. The number of primary amides is 1. The summed E-state index contributed by atoms with van der Waals surface area (Å²) in [4.78, 5) is 24.3. The number of nitrogens with one attached hydrogen (secondary N) is 1. The number of hydrogen-bond acceptors (Lipinski definition) is 4. The van der Waals surface area contributed by atoms with Crippen LogP contribution in [-0.2, 0) is 16.1 Å². The van der Waals surface area contributed by atoms with E-state index in [1.165, 1.54) is 12.1 Å². The molecule has 1 aliphatic rings. The van der Waals surface area contributed by atoms with Crippen LogP contribution in [0, 0.1) is 5.82 Å². The molecule has 3 amide bonds. The first kappa shape index (κ1) is 17.4. The SMILES string of the molecule is NC(=O)NC(=O)CCN(Cc1cccc(F)c1)CC1CCCO1. The van der Waals surface area contributed by atoms with Crippen LogP contribution in [0.2, 0.25) is 0 Å². The summed E-state index contributed by atoms with van der Waals surface area (Å²) in [6, 6.07) is 5.52. The summed E-state index contributed by atoms with van der Waals surface area (Å²) in [5.74, 6) is -0.708. The van der Waals surface area contributed by atoms with Crippen molar-refractivity contribution in [3.05, 3.63) is 35.6 Å². The molecule has 1 atom stereocenters. The molecule has 1 aromatic carbocycles. The lowest BCUT2D eigenvalue weighted by molar-refractivity contribution is -0.120. The molecule has 1 aromatic rings. The normalized spacial score (nSPS) is 17.4. The Bertz CT molecular complexity index is 547. The second-order valence-corrected chi connectivity index (χ2v) is 5.66. The maximum absolute atomic E-state index is 13.3. The van der Waals surface area contributed by atoms with Gasteiger partial charge in [0.2, 0.25) is 5.91 Å². The summed E-state index contributed by atoms with van der Waals surface area (Å²) in [5.41, 5.74) is 5.76. The van der Waals surface area contributed by atoms with Gasteiger partial charge < -0.3 is 10.5 Å². The minimum absolute atomic E-state index is 0.128. The quantitative estimate of drug-likeness (QED) is 0.794. The average Bonchev–Trinajstić information content (AvgIpc) is 2.97. The topological polar surface area (TPSA) is 84.7 Å². The van der Waals surface area contributed by atoms with Crippen molar-refractivity contribution in [1.82, 2.24) is 10.2 Å². The maximum atomic E-state index is 13.3. The fourth-order valence-corrected chi connectivity index (χ4v) is 2.66. The number of carbonyl (C=O) groups excluding carboxylic acids is 2. The molecular formula is C16H22FN3O3. The smallest absolute Gasteiger partial charge is 0.318 e. The van der Waals surface area contributed by atoms with Crippen LogP contribution < -0.4 is 11.1 Å². The number of hydrogen-bond donors (Lipinski definition) is 2. The highest BCUT2D eigenvalue weighted by molar-refractivity contribution is 5.93. The molecule has 0 bridgehead atoms. The lowest BCUT2D eigenvalue weighted by atomic mass is 10.1. The van der Waals surface area contributed by atoms with E-state index >= 15 is 0 Å². The van der Waals surface area contributed by atoms with Crippen LogP contribution in [0.1, 0.15) is 24.8 Å². The zero-order chi connectivity index (χ0) is 16.7. The molecule has 1 fully saturated rings. The molecule has 1 aliphatic heterocycles. The van der Waals surface area contributed by atoms with Crippen molar-refractivity contribution in [2.75, 3.05) is 19.7 Å². The van der Waals surface area contributed by atoms with Crippen LogP contribution >= 0.6 is 0 Å². The maximum Gasteiger partial charge on any atom is 0.318 e. The molecule has 0 saturated carbocycles. The predicted molar refractivity (Wildman–Crippen MR) is 83.0 cm³/mol. The number of ether oxygens (including phenoxy) is 1. The fourth-order valence-electron chi connectivity index (χ4n) is 2.66. The van der Waals surface area contributed by atoms with Crippen LogP contribution in [0.15, 0.2) is 24.3 Å². The van der Waals surface area contributed by atoms with Gasteiger partial charge in [0.1, 0.15) is 5.82 Å². The number of carbonyl (C=O) groups is 2. The number of halogens is 1. The molecule has 126 valence electrons. The Morgan fingerprint density at radius 1 is 1.43 bits per heavy atom. The van der Waals surface area contributed by atoms with Crippen molar-refractivity contribution in [1.29, 1.82) is 0 Å². The number of imide groups is 1. The summed E-state index contributed by atoms with van der Waals surface area (Å²) in [6.07, 6.45) is 2.28. The predicted octanol–water partition coefficient (Wildman–Crippen LogP) is 1.39. The van der Waals surface area contributed by atoms with Gasteiger partial charge in [0.05, 0.1) is 6.10 Å². The van der Waals surface area contributed by atoms with E-state index < -0.39 is 11.9 Å². The number of rotatable bonds is 7. The lowest BCUT2D eigenvalue weighted by Crippen LogP contribution is -2.38. The third-order valence-electron chi connectivity index (χ3n) is 3.70. The Morgan fingerprint density at radius 3 is 2.91 bits per heavy atom. The Morgan fingerprint density at radius 2 is 2.26 bits per heavy atom. The van der Waals surface area contributed by atoms with E-state index in [0.29, 0.717) is 19.6 Å². The van der Waals surface area contributed by atoms with Gasteiger partial charge in [-0.3, -0.25) is 15.0 Å². The van der Waals surface area contributed by atoms with Crippen LogP contribution in [0.3, 0.4) is 0 Å². The Balaban J connectivity index is 1.93. The van der Waals surface area contributed by atoms with Gasteiger partial charge in [0.15, 0.2) is 0 Å². The second-order valence-electron chi connectivity index (χ2n) is 5.66. The molecule has 1 heterocycles. The van der Waals surface area contributed by atoms with Crippen LogP contribution in [0.25, 0.3) is 0 Å². The molecule has 2 rings (SSSR count). The van der Waals surface area contributed by atoms with Crippen molar-refractivity contribution in [2.45, 2.75) is 31.9 Å². The summed E-state index contributed by atoms with van der Waals surface area (Å²) < 4.78 is 18.9. The summed E-state index contributed by atoms with van der Waals surface area (Å²) in [6.45, 7) is 2.37. The number of nitrogens with two attached hydrogens (primary N) is 1. The second kappa shape index (κ2) is 8.59. The summed E-state index contributed by atoms with van der Waals surface area (Å²) in [7, 11) is 0. The fraction of sp³-hybridized carbons (Fsp3) is 0.500. The first-order valence-corrected chi connectivity index (χ1v) is 7.70. The number of urea groups is 1. The molecule has 6 nitrogen and oxygen atoms in total. The zero-order valence-electron chi connectivity index (χ0n) is 13.0. The lowest BCUT2D eigenvalue weighted by Gasteiger charge is -2.25. The molecule has 0 radical (unpaired) electrons. The van der Waals surface area contributed by atoms with Crippen LogP contribution in [0.5, 0.6) is 0 Å². The molecule has 1 saturated heterocycles. The van der Waals surface area contributed by atoms with Crippen molar-refractivity contribution in [3.8, 4) is 0 Å². The number of nitrogens with zero attached hydrogens (tertiary/aromatic N) is 1. The van der Waals surface area contributed by atoms with Gasteiger partial charge in [-0.25, -0.2) is 9.18 Å². The van der Waals surface area contributed by atoms with E-state index in [2.05, 4.69) is 0 Å². The van der Waals surface area contributed by atoms with Crippen molar-refractivity contribution < 1.29 is 18.7 Å². The van der Waals surface area contributed by atoms with E-state index in [-0.39, 0.29) is 18.3 Å². The average molecular weight is 323 g/mol. The molecule has 0 aromatic heterocycles.